The lowest BCUT2D eigenvalue weighted by molar-refractivity contribution is -0.117. The van der Waals surface area contributed by atoms with Crippen LogP contribution in [0.25, 0.3) is 0 Å². The molecular formula is C12H13NO. The van der Waals surface area contributed by atoms with Crippen LogP contribution in [-0.4, -0.2) is 13.0 Å². The van der Waals surface area contributed by atoms with Crippen molar-refractivity contribution in [1.82, 2.24) is 0 Å². The first-order valence-corrected chi connectivity index (χ1v) is 5.15. The molecule has 72 valence electrons. The topological polar surface area (TPSA) is 20.3 Å². The number of nitrogens with zero attached hydrogens (tertiary/aromatic N) is 1. The second kappa shape index (κ2) is 2.59. The van der Waals surface area contributed by atoms with Crippen molar-refractivity contribution in [1.29, 1.82) is 0 Å². The molecule has 2 heteroatoms. The number of likely N-dealkylation sites (N-methyl/N-ethyl adjacent to an activating group) is 1. The fraction of sp³-hybridized carbons (Fsp3) is 0.417. The summed E-state index contributed by atoms with van der Waals surface area (Å²) in [5, 5.41) is 0. The van der Waals surface area contributed by atoms with Crippen molar-refractivity contribution >= 4 is 11.6 Å². The average molecular weight is 187 g/mol. The molecule has 0 N–H and O–H groups in total. The predicted octanol–water partition coefficient (Wildman–Crippen LogP) is 2.08. The van der Waals surface area contributed by atoms with Gasteiger partial charge in [0, 0.05) is 7.05 Å². The third-order valence-corrected chi connectivity index (χ3v) is 3.22. The number of anilines is 1. The van der Waals surface area contributed by atoms with Gasteiger partial charge >= 0.3 is 0 Å². The Labute approximate surface area is 83.5 Å². The number of rotatable bonds is 1. The monoisotopic (exact) mass is 187 g/mol. The SMILES string of the molecule is CN1C(=O)Cc2cccc(C3CC3)c21. The van der Waals surface area contributed by atoms with Gasteiger partial charge in [0.15, 0.2) is 0 Å². The minimum absolute atomic E-state index is 0.230. The van der Waals surface area contributed by atoms with Crippen LogP contribution in [0, 0.1) is 0 Å². The van der Waals surface area contributed by atoms with Crippen molar-refractivity contribution in [2.45, 2.75) is 25.2 Å². The highest BCUT2D eigenvalue weighted by Gasteiger charge is 2.33. The maximum Gasteiger partial charge on any atom is 0.231 e. The Kier molecular flexibility index (Phi) is 1.49. The molecule has 1 heterocycles. The van der Waals surface area contributed by atoms with E-state index in [-0.39, 0.29) is 5.91 Å². The van der Waals surface area contributed by atoms with Crippen LogP contribution in [0.2, 0.25) is 0 Å². The van der Waals surface area contributed by atoms with E-state index in [9.17, 15) is 4.79 Å². The summed E-state index contributed by atoms with van der Waals surface area (Å²) < 4.78 is 0. The average Bonchev–Trinajstić information content (AvgIpc) is 2.96. The van der Waals surface area contributed by atoms with Gasteiger partial charge in [-0.2, -0.15) is 0 Å². The number of hydrogen-bond acceptors (Lipinski definition) is 1. The quantitative estimate of drug-likeness (QED) is 0.659. The van der Waals surface area contributed by atoms with Crippen LogP contribution in [0.4, 0.5) is 5.69 Å². The first-order chi connectivity index (χ1) is 6.77. The first kappa shape index (κ1) is 8.04. The van der Waals surface area contributed by atoms with Crippen molar-refractivity contribution < 1.29 is 4.79 Å². The third kappa shape index (κ3) is 0.999. The summed E-state index contributed by atoms with van der Waals surface area (Å²) >= 11 is 0. The molecule has 1 aromatic rings. The van der Waals surface area contributed by atoms with E-state index in [4.69, 9.17) is 0 Å². The van der Waals surface area contributed by atoms with Gasteiger partial charge in [0.1, 0.15) is 0 Å². The highest BCUT2D eigenvalue weighted by Crippen LogP contribution is 2.46. The molecule has 0 aromatic heterocycles. The number of carbonyl (C=O) groups is 1. The number of benzene rings is 1. The Morgan fingerprint density at radius 3 is 2.86 bits per heavy atom. The predicted molar refractivity (Wildman–Crippen MR) is 55.5 cm³/mol. The lowest BCUT2D eigenvalue weighted by atomic mass is 10.0. The van der Waals surface area contributed by atoms with E-state index in [1.165, 1.54) is 29.7 Å². The summed E-state index contributed by atoms with van der Waals surface area (Å²) in [7, 11) is 1.89. The summed E-state index contributed by atoms with van der Waals surface area (Å²) in [4.78, 5) is 13.4. The van der Waals surface area contributed by atoms with Crippen molar-refractivity contribution in [3.63, 3.8) is 0 Å². The highest BCUT2D eigenvalue weighted by atomic mass is 16.2. The fourth-order valence-electron chi connectivity index (χ4n) is 2.29. The molecule has 1 saturated carbocycles. The smallest absolute Gasteiger partial charge is 0.231 e. The normalized spacial score (nSPS) is 20.1. The molecule has 14 heavy (non-hydrogen) atoms. The van der Waals surface area contributed by atoms with Gasteiger partial charge in [-0.3, -0.25) is 4.79 Å². The van der Waals surface area contributed by atoms with E-state index in [1.54, 1.807) is 0 Å². The number of fused-ring (bicyclic) bond motifs is 1. The molecule has 0 atom stereocenters. The molecule has 0 unspecified atom stereocenters. The minimum Gasteiger partial charge on any atom is -0.315 e. The maximum atomic E-state index is 11.6. The van der Waals surface area contributed by atoms with Crippen LogP contribution in [-0.2, 0) is 11.2 Å². The van der Waals surface area contributed by atoms with Gasteiger partial charge in [-0.1, -0.05) is 18.2 Å². The molecule has 2 aliphatic rings. The number of para-hydroxylation sites is 1. The molecule has 1 aliphatic carbocycles. The number of hydrogen-bond donors (Lipinski definition) is 0. The third-order valence-electron chi connectivity index (χ3n) is 3.22. The van der Waals surface area contributed by atoms with Crippen LogP contribution < -0.4 is 4.90 Å². The first-order valence-electron chi connectivity index (χ1n) is 5.15. The van der Waals surface area contributed by atoms with Crippen molar-refractivity contribution in [3.05, 3.63) is 29.3 Å². The van der Waals surface area contributed by atoms with Gasteiger partial charge in [-0.15, -0.1) is 0 Å². The largest absolute Gasteiger partial charge is 0.315 e. The van der Waals surface area contributed by atoms with E-state index in [0.717, 1.165) is 5.92 Å². The van der Waals surface area contributed by atoms with Crippen molar-refractivity contribution in [3.8, 4) is 0 Å². The lowest BCUT2D eigenvalue weighted by Gasteiger charge is -2.14. The van der Waals surface area contributed by atoms with Gasteiger partial charge < -0.3 is 4.90 Å². The van der Waals surface area contributed by atoms with Crippen molar-refractivity contribution in [2.24, 2.45) is 0 Å². The molecule has 0 saturated heterocycles. The minimum atomic E-state index is 0.230. The van der Waals surface area contributed by atoms with Gasteiger partial charge in [0.2, 0.25) is 5.91 Å². The Morgan fingerprint density at radius 2 is 2.14 bits per heavy atom. The molecule has 1 aliphatic heterocycles. The van der Waals surface area contributed by atoms with E-state index in [2.05, 4.69) is 18.2 Å². The van der Waals surface area contributed by atoms with E-state index >= 15 is 0 Å². The lowest BCUT2D eigenvalue weighted by Crippen LogP contribution is -2.21. The Morgan fingerprint density at radius 1 is 1.36 bits per heavy atom. The summed E-state index contributed by atoms with van der Waals surface area (Å²) in [6, 6.07) is 6.33. The standard InChI is InChI=1S/C12H13NO/c1-13-11(14)7-9-3-2-4-10(12(9)13)8-5-6-8/h2-4,8H,5-7H2,1H3. The summed E-state index contributed by atoms with van der Waals surface area (Å²) in [6.07, 6.45) is 3.17. The summed E-state index contributed by atoms with van der Waals surface area (Å²) in [6.45, 7) is 0. The van der Waals surface area contributed by atoms with Crippen LogP contribution in [0.5, 0.6) is 0 Å². The molecule has 0 radical (unpaired) electrons. The number of amides is 1. The Bertz CT molecular complexity index is 407. The van der Waals surface area contributed by atoms with Gasteiger partial charge in [0.25, 0.3) is 0 Å². The van der Waals surface area contributed by atoms with E-state index < -0.39 is 0 Å². The molecule has 0 spiro atoms. The van der Waals surface area contributed by atoms with Crippen LogP contribution in [0.15, 0.2) is 18.2 Å². The number of carbonyl (C=O) groups excluding carboxylic acids is 1. The van der Waals surface area contributed by atoms with Crippen molar-refractivity contribution in [2.75, 3.05) is 11.9 Å². The summed E-state index contributed by atoms with van der Waals surface area (Å²) in [5.41, 5.74) is 3.79. The Hall–Kier alpha value is -1.31. The summed E-state index contributed by atoms with van der Waals surface area (Å²) in [5.74, 6) is 0.950. The van der Waals surface area contributed by atoms with Crippen LogP contribution in [0.1, 0.15) is 29.9 Å². The fourth-order valence-corrected chi connectivity index (χ4v) is 2.29. The maximum absolute atomic E-state index is 11.6. The van der Waals surface area contributed by atoms with Crippen LogP contribution in [0.3, 0.4) is 0 Å². The molecular weight excluding hydrogens is 174 g/mol. The molecule has 0 bridgehead atoms. The molecule has 1 fully saturated rings. The zero-order valence-corrected chi connectivity index (χ0v) is 8.29. The zero-order valence-electron chi connectivity index (χ0n) is 8.29. The second-order valence-electron chi connectivity index (χ2n) is 4.26. The van der Waals surface area contributed by atoms with Gasteiger partial charge in [-0.05, 0) is 29.9 Å². The highest BCUT2D eigenvalue weighted by molar-refractivity contribution is 6.02. The Balaban J connectivity index is 2.16. The second-order valence-corrected chi connectivity index (χ2v) is 4.26. The van der Waals surface area contributed by atoms with Crippen LogP contribution >= 0.6 is 0 Å². The zero-order chi connectivity index (χ0) is 9.71. The van der Waals surface area contributed by atoms with Gasteiger partial charge in [0.05, 0.1) is 12.1 Å². The van der Waals surface area contributed by atoms with E-state index in [1.807, 2.05) is 11.9 Å². The molecule has 1 amide bonds. The van der Waals surface area contributed by atoms with Gasteiger partial charge in [-0.25, -0.2) is 0 Å². The van der Waals surface area contributed by atoms with E-state index in [0.29, 0.717) is 6.42 Å². The molecule has 1 aromatic carbocycles. The molecule has 3 rings (SSSR count). The molecule has 2 nitrogen and oxygen atoms in total.